The molecule has 1 heterocycles. The smallest absolute Gasteiger partial charge is 0.342 e. The molecule has 1 aromatic heterocycles. The largest absolute Gasteiger partial charge is 0.412 e. The van der Waals surface area contributed by atoms with Crippen LogP contribution in [0.5, 0.6) is 0 Å². The maximum absolute atomic E-state index is 10.5. The molecule has 0 aliphatic heterocycles. The van der Waals surface area contributed by atoms with Crippen molar-refractivity contribution in [2.75, 3.05) is 5.88 Å². The molecule has 0 spiro atoms. The van der Waals surface area contributed by atoms with Gasteiger partial charge in [0.15, 0.2) is 5.82 Å². The molecule has 0 aromatic carbocycles. The molecule has 0 radical (unpaired) electrons. The number of hydrogen-bond acceptors (Lipinski definition) is 4. The fraction of sp³-hybridized carbons (Fsp3) is 0.571. The van der Waals surface area contributed by atoms with E-state index in [0.717, 1.165) is 6.20 Å². The van der Waals surface area contributed by atoms with Gasteiger partial charge in [0.1, 0.15) is 18.8 Å². The maximum atomic E-state index is 10.5. The van der Waals surface area contributed by atoms with Gasteiger partial charge in [-0.25, -0.2) is 9.55 Å². The predicted molar refractivity (Wildman–Crippen MR) is 54.0 cm³/mol. The lowest BCUT2D eigenvalue weighted by molar-refractivity contribution is -0.392. The van der Waals surface area contributed by atoms with Crippen molar-refractivity contribution in [1.29, 1.82) is 0 Å². The summed E-state index contributed by atoms with van der Waals surface area (Å²) in [6.45, 7) is 1.72. The Morgan fingerprint density at radius 1 is 1.80 bits per heavy atom. The second-order valence-corrected chi connectivity index (χ2v) is 3.15. The monoisotopic (exact) mass is 237 g/mol. The molecule has 0 amide bonds. The Labute approximate surface area is 90.8 Å². The first-order chi connectivity index (χ1) is 6.56. The van der Waals surface area contributed by atoms with Crippen LogP contribution in [0.2, 0.25) is 0 Å². The third kappa shape index (κ3) is 3.15. The summed E-state index contributed by atoms with van der Waals surface area (Å²) in [5, 5.41) is 19.8. The van der Waals surface area contributed by atoms with E-state index in [1.807, 2.05) is 0 Å². The quantitative estimate of drug-likeness (QED) is 0.447. The van der Waals surface area contributed by atoms with E-state index in [2.05, 4.69) is 4.98 Å². The van der Waals surface area contributed by atoms with Gasteiger partial charge in [0.2, 0.25) is 0 Å². The minimum absolute atomic E-state index is 0. The second kappa shape index (κ2) is 5.64. The number of halogens is 1. The van der Waals surface area contributed by atoms with E-state index in [1.165, 1.54) is 4.57 Å². The standard InChI is InChI=1S/C7H10ClN3O3.H2O/c1-5-9-3-7(11(13)14)10(5)4-6(12)2-8;/h3,6,12H,2,4H2,1H3;1H2. The minimum Gasteiger partial charge on any atom is -0.412 e. The van der Waals surface area contributed by atoms with Crippen LogP contribution in [0.1, 0.15) is 5.82 Å². The number of aromatic nitrogens is 2. The highest BCUT2D eigenvalue weighted by Crippen LogP contribution is 2.14. The number of alkyl halides is 1. The van der Waals surface area contributed by atoms with Crippen LogP contribution in [-0.2, 0) is 6.54 Å². The third-order valence-corrected chi connectivity index (χ3v) is 2.15. The van der Waals surface area contributed by atoms with Crippen molar-refractivity contribution in [3.8, 4) is 0 Å². The molecule has 1 rings (SSSR count). The van der Waals surface area contributed by atoms with E-state index in [0.29, 0.717) is 5.82 Å². The van der Waals surface area contributed by atoms with Crippen molar-refractivity contribution in [1.82, 2.24) is 9.55 Å². The predicted octanol–water partition coefficient (Wildman–Crippen LogP) is -0.125. The van der Waals surface area contributed by atoms with Crippen molar-refractivity contribution in [3.05, 3.63) is 22.1 Å². The van der Waals surface area contributed by atoms with Gasteiger partial charge < -0.3 is 20.7 Å². The Kier molecular flexibility index (Phi) is 5.20. The van der Waals surface area contributed by atoms with Crippen molar-refractivity contribution >= 4 is 17.4 Å². The Morgan fingerprint density at radius 3 is 2.87 bits per heavy atom. The van der Waals surface area contributed by atoms with Crippen LogP contribution < -0.4 is 0 Å². The first-order valence-corrected chi connectivity index (χ1v) is 4.50. The molecule has 0 saturated carbocycles. The van der Waals surface area contributed by atoms with Crippen molar-refractivity contribution in [2.24, 2.45) is 0 Å². The number of aliphatic hydroxyl groups is 1. The lowest BCUT2D eigenvalue weighted by Gasteiger charge is -2.06. The fourth-order valence-electron chi connectivity index (χ4n) is 1.09. The summed E-state index contributed by atoms with van der Waals surface area (Å²) in [4.78, 5) is 13.8. The van der Waals surface area contributed by atoms with Crippen molar-refractivity contribution < 1.29 is 15.5 Å². The summed E-state index contributed by atoms with van der Waals surface area (Å²) in [6.07, 6.45) is 0.360. The first-order valence-electron chi connectivity index (χ1n) is 3.96. The number of hydrogen-bond donors (Lipinski definition) is 1. The highest BCUT2D eigenvalue weighted by Gasteiger charge is 2.19. The van der Waals surface area contributed by atoms with Crippen LogP contribution in [0.15, 0.2) is 6.20 Å². The van der Waals surface area contributed by atoms with E-state index < -0.39 is 11.0 Å². The number of nitro groups is 1. The Balaban J connectivity index is 0.00000196. The second-order valence-electron chi connectivity index (χ2n) is 2.84. The molecule has 0 bridgehead atoms. The molecule has 1 unspecified atom stereocenters. The van der Waals surface area contributed by atoms with Gasteiger partial charge in [-0.3, -0.25) is 0 Å². The van der Waals surface area contributed by atoms with Gasteiger partial charge in [0, 0.05) is 6.92 Å². The van der Waals surface area contributed by atoms with Crippen LogP contribution >= 0.6 is 11.6 Å². The van der Waals surface area contributed by atoms with Crippen LogP contribution in [-0.4, -0.2) is 37.0 Å². The summed E-state index contributed by atoms with van der Waals surface area (Å²) < 4.78 is 1.33. The van der Waals surface area contributed by atoms with Crippen LogP contribution in [0, 0.1) is 17.0 Å². The molecule has 0 aliphatic rings. The third-order valence-electron chi connectivity index (χ3n) is 1.79. The summed E-state index contributed by atoms with van der Waals surface area (Å²) in [6, 6.07) is 0. The topological polar surface area (TPSA) is 113 Å². The Hall–Kier alpha value is -1.18. The van der Waals surface area contributed by atoms with Gasteiger partial charge in [-0.2, -0.15) is 0 Å². The van der Waals surface area contributed by atoms with Crippen molar-refractivity contribution in [2.45, 2.75) is 19.6 Å². The first kappa shape index (κ1) is 13.8. The van der Waals surface area contributed by atoms with Gasteiger partial charge in [0.05, 0.1) is 5.88 Å². The molecule has 0 fully saturated rings. The van der Waals surface area contributed by atoms with E-state index in [-0.39, 0.29) is 23.7 Å². The van der Waals surface area contributed by atoms with Gasteiger partial charge in [-0.15, -0.1) is 11.6 Å². The van der Waals surface area contributed by atoms with Crippen LogP contribution in [0.25, 0.3) is 0 Å². The van der Waals surface area contributed by atoms with Crippen molar-refractivity contribution in [3.63, 3.8) is 0 Å². The number of rotatable bonds is 4. The molecule has 1 atom stereocenters. The lowest BCUT2D eigenvalue weighted by atomic mass is 10.4. The van der Waals surface area contributed by atoms with E-state index in [4.69, 9.17) is 11.6 Å². The average molecular weight is 238 g/mol. The van der Waals surface area contributed by atoms with Crippen LogP contribution in [0.4, 0.5) is 5.82 Å². The Bertz CT molecular complexity index is 341. The molecule has 1 aromatic rings. The zero-order valence-corrected chi connectivity index (χ0v) is 8.81. The van der Waals surface area contributed by atoms with Gasteiger partial charge in [0.25, 0.3) is 0 Å². The summed E-state index contributed by atoms with van der Waals surface area (Å²) >= 11 is 5.40. The lowest BCUT2D eigenvalue weighted by Crippen LogP contribution is -2.19. The number of aliphatic hydroxyl groups excluding tert-OH is 1. The van der Waals surface area contributed by atoms with Crippen LogP contribution in [0.3, 0.4) is 0 Å². The molecule has 15 heavy (non-hydrogen) atoms. The molecule has 0 aliphatic carbocycles. The van der Waals surface area contributed by atoms with E-state index in [9.17, 15) is 15.2 Å². The molecular formula is C7H12ClN3O4. The van der Waals surface area contributed by atoms with Gasteiger partial charge in [-0.05, 0) is 4.92 Å². The molecule has 0 saturated heterocycles. The van der Waals surface area contributed by atoms with Gasteiger partial charge >= 0.3 is 5.82 Å². The van der Waals surface area contributed by atoms with E-state index >= 15 is 0 Å². The summed E-state index contributed by atoms with van der Waals surface area (Å²) in [7, 11) is 0. The SMILES string of the molecule is Cc1ncc([N+](=O)[O-])n1CC(O)CCl.O. The summed E-state index contributed by atoms with van der Waals surface area (Å²) in [5.41, 5.74) is 0. The number of imidazole rings is 1. The number of aryl methyl sites for hydroxylation is 1. The number of nitrogens with zero attached hydrogens (tertiary/aromatic N) is 3. The highest BCUT2D eigenvalue weighted by atomic mass is 35.5. The van der Waals surface area contributed by atoms with E-state index in [1.54, 1.807) is 6.92 Å². The molecule has 8 heteroatoms. The fourth-order valence-corrected chi connectivity index (χ4v) is 1.18. The molecule has 7 nitrogen and oxygen atoms in total. The summed E-state index contributed by atoms with van der Waals surface area (Å²) in [5.74, 6) is 0.391. The zero-order valence-electron chi connectivity index (χ0n) is 8.05. The minimum atomic E-state index is -0.803. The average Bonchev–Trinajstić information content (AvgIpc) is 2.48. The normalized spacial score (nSPS) is 11.9. The molecule has 3 N–H and O–H groups in total. The van der Waals surface area contributed by atoms with Gasteiger partial charge in [-0.1, -0.05) is 0 Å². The molecule has 86 valence electrons. The highest BCUT2D eigenvalue weighted by molar-refractivity contribution is 6.18. The molecular weight excluding hydrogens is 226 g/mol. The zero-order chi connectivity index (χ0) is 10.7. The Morgan fingerprint density at radius 2 is 2.40 bits per heavy atom. The maximum Gasteiger partial charge on any atom is 0.342 e.